The minimum absolute atomic E-state index is 0.178. The molecule has 1 heterocycles. The summed E-state index contributed by atoms with van der Waals surface area (Å²) >= 11 is 5.86. The molecule has 0 unspecified atom stereocenters. The van der Waals surface area contributed by atoms with Gasteiger partial charge in [-0.3, -0.25) is 0 Å². The van der Waals surface area contributed by atoms with Crippen molar-refractivity contribution in [3.05, 3.63) is 59.8 Å². The van der Waals surface area contributed by atoms with Crippen LogP contribution in [0.25, 0.3) is 10.9 Å². The highest BCUT2D eigenvalue weighted by Crippen LogP contribution is 2.31. The Bertz CT molecular complexity index is 979. The molecule has 0 aliphatic rings. The van der Waals surface area contributed by atoms with Gasteiger partial charge in [0, 0.05) is 17.0 Å². The molecule has 3 aromatic rings. The molecule has 0 saturated heterocycles. The third-order valence-electron chi connectivity index (χ3n) is 3.81. The van der Waals surface area contributed by atoms with Gasteiger partial charge in [0.1, 0.15) is 12.4 Å². The molecule has 3 rings (SSSR count). The van der Waals surface area contributed by atoms with Crippen LogP contribution < -0.4 is 4.74 Å². The number of likely N-dealkylation sites (N-methyl/N-ethyl adjacent to an activating group) is 1. The average Bonchev–Trinajstić information content (AvgIpc) is 2.95. The van der Waals surface area contributed by atoms with E-state index in [9.17, 15) is 8.42 Å². The lowest BCUT2D eigenvalue weighted by Gasteiger charge is -2.10. The van der Waals surface area contributed by atoms with Gasteiger partial charge in [-0.05, 0) is 50.5 Å². The summed E-state index contributed by atoms with van der Waals surface area (Å²) in [6.07, 6.45) is 1.53. The van der Waals surface area contributed by atoms with Crippen molar-refractivity contribution in [1.29, 1.82) is 0 Å². The number of nitrogens with zero attached hydrogens (tertiary/aromatic N) is 2. The zero-order chi connectivity index (χ0) is 18.0. The van der Waals surface area contributed by atoms with Crippen LogP contribution >= 0.6 is 11.6 Å². The minimum Gasteiger partial charge on any atom is -0.490 e. The Balaban J connectivity index is 2.05. The molecule has 0 atom stereocenters. The second kappa shape index (κ2) is 7.07. The van der Waals surface area contributed by atoms with E-state index in [1.165, 1.54) is 22.3 Å². The maximum absolute atomic E-state index is 13.0. The molecule has 2 aromatic carbocycles. The summed E-state index contributed by atoms with van der Waals surface area (Å²) in [7, 11) is 0.177. The maximum Gasteiger partial charge on any atom is 0.268 e. The number of benzene rings is 2. The molecular weight excluding hydrogens is 360 g/mol. The molecule has 5 nitrogen and oxygen atoms in total. The number of rotatable bonds is 6. The maximum atomic E-state index is 13.0. The summed E-state index contributed by atoms with van der Waals surface area (Å²) in [5.74, 6) is 0.551. The molecule has 1 aromatic heterocycles. The van der Waals surface area contributed by atoms with E-state index in [0.717, 1.165) is 11.9 Å². The van der Waals surface area contributed by atoms with Crippen molar-refractivity contribution in [2.75, 3.05) is 27.2 Å². The average molecular weight is 379 g/mol. The molecule has 0 amide bonds. The van der Waals surface area contributed by atoms with Crippen LogP contribution in [0.4, 0.5) is 0 Å². The number of ether oxygens (including phenoxy) is 1. The Labute approximate surface area is 152 Å². The lowest BCUT2D eigenvalue weighted by molar-refractivity contribution is 0.263. The quantitative estimate of drug-likeness (QED) is 0.659. The first-order valence-corrected chi connectivity index (χ1v) is 9.60. The van der Waals surface area contributed by atoms with E-state index in [1.807, 2.05) is 31.1 Å². The summed E-state index contributed by atoms with van der Waals surface area (Å²) in [4.78, 5) is 2.18. The van der Waals surface area contributed by atoms with E-state index in [0.29, 0.717) is 22.9 Å². The van der Waals surface area contributed by atoms with Gasteiger partial charge in [0.25, 0.3) is 10.0 Å². The van der Waals surface area contributed by atoms with Gasteiger partial charge in [-0.2, -0.15) is 0 Å². The number of halogens is 1. The molecule has 0 saturated carbocycles. The fraction of sp³-hybridized carbons (Fsp3) is 0.222. The first-order chi connectivity index (χ1) is 11.9. The molecule has 0 aliphatic carbocycles. The predicted molar refractivity (Wildman–Crippen MR) is 100 cm³/mol. The molecule has 0 fully saturated rings. The van der Waals surface area contributed by atoms with Crippen LogP contribution in [0, 0.1) is 0 Å². The highest BCUT2D eigenvalue weighted by atomic mass is 35.5. The Morgan fingerprint density at radius 3 is 2.44 bits per heavy atom. The van der Waals surface area contributed by atoms with Crippen molar-refractivity contribution in [2.24, 2.45) is 0 Å². The van der Waals surface area contributed by atoms with E-state index < -0.39 is 10.0 Å². The third-order valence-corrected chi connectivity index (χ3v) is 5.75. The van der Waals surface area contributed by atoms with E-state index in [2.05, 4.69) is 0 Å². The van der Waals surface area contributed by atoms with Crippen molar-refractivity contribution in [1.82, 2.24) is 8.87 Å². The number of para-hydroxylation sites is 1. The molecule has 132 valence electrons. The van der Waals surface area contributed by atoms with Crippen LogP contribution in [0.3, 0.4) is 0 Å². The van der Waals surface area contributed by atoms with Gasteiger partial charge in [-0.15, -0.1) is 0 Å². The number of hydrogen-bond donors (Lipinski definition) is 0. The molecule has 0 radical (unpaired) electrons. The van der Waals surface area contributed by atoms with Crippen LogP contribution in [0.5, 0.6) is 5.75 Å². The van der Waals surface area contributed by atoms with Gasteiger partial charge in [0.15, 0.2) is 0 Å². The van der Waals surface area contributed by atoms with Gasteiger partial charge < -0.3 is 9.64 Å². The fourth-order valence-electron chi connectivity index (χ4n) is 2.49. The normalized spacial score (nSPS) is 12.0. The third kappa shape index (κ3) is 3.66. The van der Waals surface area contributed by atoms with E-state index in [-0.39, 0.29) is 4.90 Å². The first kappa shape index (κ1) is 17.8. The van der Waals surface area contributed by atoms with Crippen LogP contribution in [-0.4, -0.2) is 44.5 Å². The lowest BCUT2D eigenvalue weighted by atomic mass is 10.2. The minimum atomic E-state index is -3.74. The van der Waals surface area contributed by atoms with Crippen molar-refractivity contribution < 1.29 is 13.2 Å². The van der Waals surface area contributed by atoms with Gasteiger partial charge in [-0.1, -0.05) is 23.7 Å². The highest BCUT2D eigenvalue weighted by Gasteiger charge is 2.21. The van der Waals surface area contributed by atoms with E-state index in [4.69, 9.17) is 16.3 Å². The van der Waals surface area contributed by atoms with Crippen molar-refractivity contribution in [3.63, 3.8) is 0 Å². The van der Waals surface area contributed by atoms with Crippen LogP contribution in [-0.2, 0) is 10.0 Å². The van der Waals surface area contributed by atoms with Gasteiger partial charge >= 0.3 is 0 Å². The van der Waals surface area contributed by atoms with Gasteiger partial charge in [-0.25, -0.2) is 12.4 Å². The summed E-state index contributed by atoms with van der Waals surface area (Å²) in [6, 6.07) is 13.4. The smallest absolute Gasteiger partial charge is 0.268 e. The molecule has 0 N–H and O–H groups in total. The van der Waals surface area contributed by atoms with Crippen molar-refractivity contribution in [2.45, 2.75) is 4.90 Å². The van der Waals surface area contributed by atoms with Crippen LogP contribution in [0.2, 0.25) is 5.02 Å². The monoisotopic (exact) mass is 378 g/mol. The highest BCUT2D eigenvalue weighted by molar-refractivity contribution is 7.90. The zero-order valence-electron chi connectivity index (χ0n) is 14.0. The molecule has 7 heteroatoms. The lowest BCUT2D eigenvalue weighted by Crippen LogP contribution is -2.19. The Morgan fingerprint density at radius 1 is 1.08 bits per heavy atom. The van der Waals surface area contributed by atoms with Gasteiger partial charge in [0.2, 0.25) is 0 Å². The number of fused-ring (bicyclic) bond motifs is 1. The number of hydrogen-bond acceptors (Lipinski definition) is 4. The Hall–Kier alpha value is -2.02. The van der Waals surface area contributed by atoms with E-state index >= 15 is 0 Å². The standard InChI is InChI=1S/C18H19ClN2O3S/c1-20(2)11-12-24-18-13-21(17-6-4-3-5-16(17)18)25(22,23)15-9-7-14(19)8-10-15/h3-10,13H,11-12H2,1-2H3. The number of aromatic nitrogens is 1. The van der Waals surface area contributed by atoms with Crippen LogP contribution in [0.1, 0.15) is 0 Å². The molecule has 0 aliphatic heterocycles. The largest absolute Gasteiger partial charge is 0.490 e. The molecular formula is C18H19ClN2O3S. The van der Waals surface area contributed by atoms with Gasteiger partial charge in [0.05, 0.1) is 16.6 Å². The summed E-state index contributed by atoms with van der Waals surface area (Å²) in [5, 5.41) is 1.25. The molecule has 0 bridgehead atoms. The first-order valence-electron chi connectivity index (χ1n) is 7.78. The van der Waals surface area contributed by atoms with Crippen molar-refractivity contribution in [3.8, 4) is 5.75 Å². The second-order valence-electron chi connectivity index (χ2n) is 5.92. The second-order valence-corrected chi connectivity index (χ2v) is 8.17. The van der Waals surface area contributed by atoms with Crippen LogP contribution in [0.15, 0.2) is 59.6 Å². The Morgan fingerprint density at radius 2 is 1.76 bits per heavy atom. The summed E-state index contributed by atoms with van der Waals surface area (Å²) in [6.45, 7) is 1.21. The Kier molecular flexibility index (Phi) is 5.03. The van der Waals surface area contributed by atoms with Crippen molar-refractivity contribution >= 4 is 32.5 Å². The topological polar surface area (TPSA) is 51.5 Å². The van der Waals surface area contributed by atoms with E-state index in [1.54, 1.807) is 24.3 Å². The molecule has 0 spiro atoms. The zero-order valence-corrected chi connectivity index (χ0v) is 15.6. The summed E-state index contributed by atoms with van der Waals surface area (Å²) in [5.41, 5.74) is 0.581. The summed E-state index contributed by atoms with van der Waals surface area (Å²) < 4.78 is 33.1. The fourth-order valence-corrected chi connectivity index (χ4v) is 3.98. The predicted octanol–water partition coefficient (Wildman–Crippen LogP) is 3.47. The SMILES string of the molecule is CN(C)CCOc1cn(S(=O)(=O)c2ccc(Cl)cc2)c2ccccc12. The molecule has 25 heavy (non-hydrogen) atoms.